The lowest BCUT2D eigenvalue weighted by molar-refractivity contribution is -0.121. The van der Waals surface area contributed by atoms with Gasteiger partial charge >= 0.3 is 0 Å². The summed E-state index contributed by atoms with van der Waals surface area (Å²) in [6.45, 7) is 4.80. The van der Waals surface area contributed by atoms with Gasteiger partial charge in [-0.3, -0.25) is 9.69 Å². The minimum Gasteiger partial charge on any atom is -0.508 e. The first kappa shape index (κ1) is 12.3. The zero-order valence-electron chi connectivity index (χ0n) is 9.13. The fourth-order valence-corrected chi connectivity index (χ4v) is 1.29. The molecule has 2 N–H and O–H groups in total. The molecule has 0 saturated heterocycles. The van der Waals surface area contributed by atoms with Crippen molar-refractivity contribution in [2.45, 2.75) is 6.92 Å². The molecule has 86 valence electrons. The molecule has 0 bridgehead atoms. The number of hydrogen-bond acceptors (Lipinski definition) is 3. The van der Waals surface area contributed by atoms with E-state index in [0.29, 0.717) is 5.69 Å². The number of rotatable bonds is 4. The second-order valence-electron chi connectivity index (χ2n) is 3.45. The molecule has 0 saturated carbocycles. The van der Waals surface area contributed by atoms with Gasteiger partial charge in [0.2, 0.25) is 5.91 Å². The standard InChI is InChI=1S/C12H15NO3/c1-3-9(2)12(16)13(8-14)10-5-4-6-11(15)7-10/h3-7,9,14-15H,1,8H2,2H3. The fourth-order valence-electron chi connectivity index (χ4n) is 1.29. The third-order valence-electron chi connectivity index (χ3n) is 2.29. The molecule has 0 fully saturated rings. The summed E-state index contributed by atoms with van der Waals surface area (Å²) < 4.78 is 0. The highest BCUT2D eigenvalue weighted by Gasteiger charge is 2.19. The second-order valence-corrected chi connectivity index (χ2v) is 3.45. The topological polar surface area (TPSA) is 60.8 Å². The molecule has 4 heteroatoms. The van der Waals surface area contributed by atoms with Crippen LogP contribution in [0.25, 0.3) is 0 Å². The molecule has 1 rings (SSSR count). The predicted octanol–water partition coefficient (Wildman–Crippen LogP) is 1.50. The van der Waals surface area contributed by atoms with E-state index in [-0.39, 0.29) is 17.6 Å². The van der Waals surface area contributed by atoms with E-state index in [1.54, 1.807) is 19.1 Å². The quantitative estimate of drug-likeness (QED) is 0.598. The molecule has 0 aliphatic rings. The Morgan fingerprint density at radius 2 is 2.31 bits per heavy atom. The summed E-state index contributed by atoms with van der Waals surface area (Å²) in [6, 6.07) is 6.17. The van der Waals surface area contributed by atoms with Crippen molar-refractivity contribution < 1.29 is 15.0 Å². The number of amides is 1. The van der Waals surface area contributed by atoms with Crippen LogP contribution in [0.3, 0.4) is 0 Å². The third-order valence-corrected chi connectivity index (χ3v) is 2.29. The Morgan fingerprint density at radius 3 is 2.81 bits per heavy atom. The first-order chi connectivity index (χ1) is 7.60. The number of phenolic OH excluding ortho intramolecular Hbond substituents is 1. The van der Waals surface area contributed by atoms with E-state index in [9.17, 15) is 15.0 Å². The van der Waals surface area contributed by atoms with Crippen LogP contribution < -0.4 is 4.90 Å². The molecule has 0 aromatic heterocycles. The van der Waals surface area contributed by atoms with Gasteiger partial charge in [-0.1, -0.05) is 19.1 Å². The number of aromatic hydroxyl groups is 1. The number of carbonyl (C=O) groups is 1. The summed E-state index contributed by atoms with van der Waals surface area (Å²) >= 11 is 0. The van der Waals surface area contributed by atoms with E-state index in [1.807, 2.05) is 0 Å². The zero-order chi connectivity index (χ0) is 12.1. The van der Waals surface area contributed by atoms with Gasteiger partial charge in [-0.2, -0.15) is 0 Å². The Kier molecular flexibility index (Phi) is 4.08. The molecule has 1 amide bonds. The van der Waals surface area contributed by atoms with Gasteiger partial charge in [-0.15, -0.1) is 6.58 Å². The summed E-state index contributed by atoms with van der Waals surface area (Å²) in [6.07, 6.45) is 1.51. The van der Waals surface area contributed by atoms with Gasteiger partial charge in [-0.05, 0) is 12.1 Å². The fraction of sp³-hybridized carbons (Fsp3) is 0.250. The zero-order valence-corrected chi connectivity index (χ0v) is 9.13. The Hall–Kier alpha value is -1.81. The maximum absolute atomic E-state index is 11.8. The molecule has 0 spiro atoms. The SMILES string of the molecule is C=CC(C)C(=O)N(CO)c1cccc(O)c1. The van der Waals surface area contributed by atoms with E-state index in [1.165, 1.54) is 23.1 Å². The number of carbonyl (C=O) groups excluding carboxylic acids is 1. The van der Waals surface area contributed by atoms with E-state index in [4.69, 9.17) is 0 Å². The van der Waals surface area contributed by atoms with Crippen LogP contribution in [0.4, 0.5) is 5.69 Å². The smallest absolute Gasteiger partial charge is 0.235 e. The molecule has 1 unspecified atom stereocenters. The maximum atomic E-state index is 11.8. The van der Waals surface area contributed by atoms with Gasteiger partial charge in [0.1, 0.15) is 12.5 Å². The molecule has 1 atom stereocenters. The van der Waals surface area contributed by atoms with Crippen molar-refractivity contribution in [3.63, 3.8) is 0 Å². The average Bonchev–Trinajstić information content (AvgIpc) is 2.29. The minimum atomic E-state index is -0.430. The van der Waals surface area contributed by atoms with Crippen LogP contribution in [-0.2, 0) is 4.79 Å². The molecule has 0 radical (unpaired) electrons. The monoisotopic (exact) mass is 221 g/mol. The van der Waals surface area contributed by atoms with Crippen LogP contribution in [0.15, 0.2) is 36.9 Å². The maximum Gasteiger partial charge on any atom is 0.235 e. The van der Waals surface area contributed by atoms with Crippen molar-refractivity contribution in [2.24, 2.45) is 5.92 Å². The highest BCUT2D eigenvalue weighted by molar-refractivity contribution is 5.95. The van der Waals surface area contributed by atoms with Gasteiger partial charge in [0.15, 0.2) is 0 Å². The molecule has 1 aromatic carbocycles. The highest BCUT2D eigenvalue weighted by atomic mass is 16.3. The first-order valence-corrected chi connectivity index (χ1v) is 4.94. The lowest BCUT2D eigenvalue weighted by atomic mass is 10.1. The normalized spacial score (nSPS) is 11.9. The van der Waals surface area contributed by atoms with Crippen LogP contribution >= 0.6 is 0 Å². The lowest BCUT2D eigenvalue weighted by Gasteiger charge is -2.22. The van der Waals surface area contributed by atoms with Crippen LogP contribution in [-0.4, -0.2) is 22.9 Å². The molecule has 0 aliphatic heterocycles. The number of aliphatic hydroxyl groups is 1. The van der Waals surface area contributed by atoms with Crippen molar-refractivity contribution in [1.29, 1.82) is 0 Å². The largest absolute Gasteiger partial charge is 0.508 e. The highest BCUT2D eigenvalue weighted by Crippen LogP contribution is 2.21. The van der Waals surface area contributed by atoms with E-state index >= 15 is 0 Å². The molecule has 0 aliphatic carbocycles. The van der Waals surface area contributed by atoms with Crippen LogP contribution in [0, 0.1) is 5.92 Å². The van der Waals surface area contributed by atoms with Gasteiger partial charge < -0.3 is 10.2 Å². The summed E-state index contributed by atoms with van der Waals surface area (Å²) in [5.41, 5.74) is 0.459. The average molecular weight is 221 g/mol. The molecular formula is C12H15NO3. The predicted molar refractivity (Wildman–Crippen MR) is 62.0 cm³/mol. The van der Waals surface area contributed by atoms with Crippen molar-refractivity contribution in [3.8, 4) is 5.75 Å². The number of hydrogen-bond donors (Lipinski definition) is 2. The van der Waals surface area contributed by atoms with Crippen LogP contribution in [0.1, 0.15) is 6.92 Å². The number of nitrogens with zero attached hydrogens (tertiary/aromatic N) is 1. The van der Waals surface area contributed by atoms with E-state index < -0.39 is 6.73 Å². The molecular weight excluding hydrogens is 206 g/mol. The summed E-state index contributed by atoms with van der Waals surface area (Å²) in [7, 11) is 0. The van der Waals surface area contributed by atoms with Crippen molar-refractivity contribution in [2.75, 3.05) is 11.6 Å². The number of anilines is 1. The first-order valence-electron chi connectivity index (χ1n) is 4.94. The van der Waals surface area contributed by atoms with Gasteiger partial charge in [0, 0.05) is 11.8 Å². The van der Waals surface area contributed by atoms with Crippen LogP contribution in [0.2, 0.25) is 0 Å². The number of aliphatic hydroxyl groups excluding tert-OH is 1. The van der Waals surface area contributed by atoms with Gasteiger partial charge in [0.05, 0.1) is 5.92 Å². The Bertz CT molecular complexity index is 390. The van der Waals surface area contributed by atoms with Crippen molar-refractivity contribution in [1.82, 2.24) is 0 Å². The molecule has 1 aromatic rings. The number of benzene rings is 1. The summed E-state index contributed by atoms with van der Waals surface area (Å²) in [5.74, 6) is -0.590. The van der Waals surface area contributed by atoms with E-state index in [0.717, 1.165) is 0 Å². The molecule has 16 heavy (non-hydrogen) atoms. The van der Waals surface area contributed by atoms with Gasteiger partial charge in [0.25, 0.3) is 0 Å². The second kappa shape index (κ2) is 5.32. The van der Waals surface area contributed by atoms with Crippen LogP contribution in [0.5, 0.6) is 5.75 Å². The Balaban J connectivity index is 2.98. The third kappa shape index (κ3) is 2.61. The van der Waals surface area contributed by atoms with Crippen molar-refractivity contribution >= 4 is 11.6 Å². The van der Waals surface area contributed by atoms with Gasteiger partial charge in [-0.25, -0.2) is 0 Å². The summed E-state index contributed by atoms with van der Waals surface area (Å²) in [4.78, 5) is 13.0. The number of phenols is 1. The lowest BCUT2D eigenvalue weighted by Crippen LogP contribution is -2.35. The Morgan fingerprint density at radius 1 is 1.62 bits per heavy atom. The minimum absolute atomic E-state index is 0.0509. The van der Waals surface area contributed by atoms with Crippen molar-refractivity contribution in [3.05, 3.63) is 36.9 Å². The summed E-state index contributed by atoms with van der Waals surface area (Å²) in [5, 5.41) is 18.5. The Labute approximate surface area is 94.4 Å². The molecule has 4 nitrogen and oxygen atoms in total. The van der Waals surface area contributed by atoms with E-state index in [2.05, 4.69) is 6.58 Å². The molecule has 0 heterocycles.